The van der Waals surface area contributed by atoms with Gasteiger partial charge in [-0.3, -0.25) is 4.79 Å². The summed E-state index contributed by atoms with van der Waals surface area (Å²) in [5, 5.41) is 3.48. The van der Waals surface area contributed by atoms with Crippen LogP contribution in [-0.4, -0.2) is 25.0 Å². The molecule has 120 valence electrons. The Balaban J connectivity index is 2.17. The molecule has 1 aliphatic carbocycles. The summed E-state index contributed by atoms with van der Waals surface area (Å²) in [4.78, 5) is 24.5. The van der Waals surface area contributed by atoms with Gasteiger partial charge < -0.3 is 10.1 Å². The SMILES string of the molecule is COC(=O)C(NC(=O)c1cc(Cl)ccc1Cl)C1CCCCC1. The molecule has 1 fully saturated rings. The summed E-state index contributed by atoms with van der Waals surface area (Å²) in [6.45, 7) is 0. The molecule has 6 heteroatoms. The van der Waals surface area contributed by atoms with Crippen molar-refractivity contribution in [3.63, 3.8) is 0 Å². The zero-order valence-corrected chi connectivity index (χ0v) is 13.9. The molecule has 1 amide bonds. The third-order valence-corrected chi connectivity index (χ3v) is 4.60. The zero-order chi connectivity index (χ0) is 16.1. The Morgan fingerprint density at radius 3 is 2.55 bits per heavy atom. The van der Waals surface area contributed by atoms with Gasteiger partial charge in [0.15, 0.2) is 0 Å². The van der Waals surface area contributed by atoms with Crippen molar-refractivity contribution in [2.45, 2.75) is 38.1 Å². The van der Waals surface area contributed by atoms with Crippen molar-refractivity contribution in [2.75, 3.05) is 7.11 Å². The van der Waals surface area contributed by atoms with Crippen molar-refractivity contribution >= 4 is 35.1 Å². The number of hydrogen-bond donors (Lipinski definition) is 1. The van der Waals surface area contributed by atoms with Crippen LogP contribution in [0.25, 0.3) is 0 Å². The summed E-state index contributed by atoms with van der Waals surface area (Å²) in [6, 6.07) is 4.02. The van der Waals surface area contributed by atoms with Gasteiger partial charge in [0, 0.05) is 5.02 Å². The monoisotopic (exact) mass is 343 g/mol. The second-order valence-electron chi connectivity index (χ2n) is 5.50. The number of hydrogen-bond acceptors (Lipinski definition) is 3. The van der Waals surface area contributed by atoms with Gasteiger partial charge >= 0.3 is 5.97 Å². The molecule has 0 spiro atoms. The molecule has 4 nitrogen and oxygen atoms in total. The standard InChI is InChI=1S/C16H19Cl2NO3/c1-22-16(21)14(10-5-3-2-4-6-10)19-15(20)12-9-11(17)7-8-13(12)18/h7-10,14H,2-6H2,1H3,(H,19,20). The number of nitrogens with one attached hydrogen (secondary N) is 1. The van der Waals surface area contributed by atoms with Gasteiger partial charge in [0.2, 0.25) is 0 Å². The summed E-state index contributed by atoms with van der Waals surface area (Å²) in [5.41, 5.74) is 0.263. The second kappa shape index (κ2) is 7.84. The van der Waals surface area contributed by atoms with Gasteiger partial charge in [0.05, 0.1) is 17.7 Å². The molecule has 1 aromatic rings. The van der Waals surface area contributed by atoms with Gasteiger partial charge in [0.1, 0.15) is 6.04 Å². The average Bonchev–Trinajstić information content (AvgIpc) is 2.54. The van der Waals surface area contributed by atoms with E-state index in [1.165, 1.54) is 19.6 Å². The third-order valence-electron chi connectivity index (χ3n) is 4.04. The minimum absolute atomic E-state index is 0.100. The van der Waals surface area contributed by atoms with E-state index in [0.29, 0.717) is 10.0 Å². The van der Waals surface area contributed by atoms with Gasteiger partial charge in [-0.15, -0.1) is 0 Å². The number of carbonyl (C=O) groups is 2. The highest BCUT2D eigenvalue weighted by molar-refractivity contribution is 6.35. The number of benzene rings is 1. The minimum Gasteiger partial charge on any atom is -0.467 e. The lowest BCUT2D eigenvalue weighted by Gasteiger charge is -2.29. The Morgan fingerprint density at radius 1 is 1.23 bits per heavy atom. The topological polar surface area (TPSA) is 55.4 Å². The lowest BCUT2D eigenvalue weighted by Crippen LogP contribution is -2.47. The quantitative estimate of drug-likeness (QED) is 0.845. The molecule has 1 atom stereocenters. The van der Waals surface area contributed by atoms with E-state index in [2.05, 4.69) is 5.32 Å². The fraction of sp³-hybridized carbons (Fsp3) is 0.500. The van der Waals surface area contributed by atoms with Crippen LogP contribution in [0.5, 0.6) is 0 Å². The van der Waals surface area contributed by atoms with Crippen molar-refractivity contribution in [3.8, 4) is 0 Å². The van der Waals surface area contributed by atoms with E-state index in [1.807, 2.05) is 0 Å². The molecule has 1 saturated carbocycles. The van der Waals surface area contributed by atoms with Crippen molar-refractivity contribution in [3.05, 3.63) is 33.8 Å². The van der Waals surface area contributed by atoms with E-state index in [1.54, 1.807) is 12.1 Å². The lowest BCUT2D eigenvalue weighted by atomic mass is 9.83. The van der Waals surface area contributed by atoms with Gasteiger partial charge in [-0.25, -0.2) is 4.79 Å². The molecular weight excluding hydrogens is 325 g/mol. The van der Waals surface area contributed by atoms with E-state index >= 15 is 0 Å². The highest BCUT2D eigenvalue weighted by Gasteiger charge is 2.32. The van der Waals surface area contributed by atoms with Gasteiger partial charge in [-0.05, 0) is 37.0 Å². The van der Waals surface area contributed by atoms with Gasteiger partial charge in [0.25, 0.3) is 5.91 Å². The summed E-state index contributed by atoms with van der Waals surface area (Å²) in [6.07, 6.45) is 5.10. The molecule has 0 radical (unpaired) electrons. The number of esters is 1. The second-order valence-corrected chi connectivity index (χ2v) is 6.34. The Morgan fingerprint density at radius 2 is 1.91 bits per heavy atom. The minimum atomic E-state index is -0.646. The first kappa shape index (κ1) is 17.1. The number of halogens is 2. The molecule has 1 unspecified atom stereocenters. The molecule has 0 bridgehead atoms. The predicted molar refractivity (Wildman–Crippen MR) is 86.3 cm³/mol. The maximum absolute atomic E-state index is 12.4. The largest absolute Gasteiger partial charge is 0.467 e. The number of amides is 1. The smallest absolute Gasteiger partial charge is 0.328 e. The van der Waals surface area contributed by atoms with E-state index in [4.69, 9.17) is 27.9 Å². The summed E-state index contributed by atoms with van der Waals surface area (Å²) < 4.78 is 4.84. The van der Waals surface area contributed by atoms with E-state index in [9.17, 15) is 9.59 Å². The van der Waals surface area contributed by atoms with Crippen molar-refractivity contribution in [1.82, 2.24) is 5.32 Å². The number of rotatable bonds is 4. The Labute approximate surface area is 140 Å². The molecule has 1 aliphatic rings. The highest BCUT2D eigenvalue weighted by Crippen LogP contribution is 2.28. The molecule has 22 heavy (non-hydrogen) atoms. The molecule has 0 heterocycles. The fourth-order valence-corrected chi connectivity index (χ4v) is 3.23. The molecule has 0 aliphatic heterocycles. The predicted octanol–water partition coefficient (Wildman–Crippen LogP) is 3.85. The molecule has 0 aromatic heterocycles. The molecular formula is C16H19Cl2NO3. The van der Waals surface area contributed by atoms with Crippen LogP contribution < -0.4 is 5.32 Å². The van der Waals surface area contributed by atoms with E-state index < -0.39 is 17.9 Å². The average molecular weight is 344 g/mol. The number of ether oxygens (including phenoxy) is 1. The Bertz CT molecular complexity index is 556. The summed E-state index contributed by atoms with van der Waals surface area (Å²) >= 11 is 11.9. The lowest BCUT2D eigenvalue weighted by molar-refractivity contribution is -0.144. The maximum Gasteiger partial charge on any atom is 0.328 e. The third kappa shape index (κ3) is 4.14. The first-order valence-electron chi connectivity index (χ1n) is 7.36. The van der Waals surface area contributed by atoms with Crippen LogP contribution >= 0.6 is 23.2 Å². The van der Waals surface area contributed by atoms with Crippen molar-refractivity contribution in [1.29, 1.82) is 0 Å². The van der Waals surface area contributed by atoms with Crippen LogP contribution in [0.15, 0.2) is 18.2 Å². The van der Waals surface area contributed by atoms with Gasteiger partial charge in [-0.2, -0.15) is 0 Å². The summed E-state index contributed by atoms with van der Waals surface area (Å²) in [5.74, 6) is -0.727. The van der Waals surface area contributed by atoms with E-state index in [-0.39, 0.29) is 11.5 Å². The normalized spacial score (nSPS) is 16.9. The first-order valence-corrected chi connectivity index (χ1v) is 8.12. The first-order chi connectivity index (χ1) is 10.5. The van der Waals surface area contributed by atoms with Crippen LogP contribution in [0.4, 0.5) is 0 Å². The van der Waals surface area contributed by atoms with Crippen LogP contribution in [0.3, 0.4) is 0 Å². The maximum atomic E-state index is 12.4. The van der Waals surface area contributed by atoms with Crippen LogP contribution in [0, 0.1) is 5.92 Å². The van der Waals surface area contributed by atoms with Crippen LogP contribution in [0.2, 0.25) is 10.0 Å². The molecule has 1 N–H and O–H groups in total. The number of methoxy groups -OCH3 is 1. The Kier molecular flexibility index (Phi) is 6.09. The summed E-state index contributed by atoms with van der Waals surface area (Å²) in [7, 11) is 1.33. The molecule has 2 rings (SSSR count). The van der Waals surface area contributed by atoms with Crippen LogP contribution in [0.1, 0.15) is 42.5 Å². The van der Waals surface area contributed by atoms with Crippen molar-refractivity contribution in [2.24, 2.45) is 5.92 Å². The molecule has 0 saturated heterocycles. The van der Waals surface area contributed by atoms with E-state index in [0.717, 1.165) is 25.7 Å². The Hall–Kier alpha value is -1.26. The van der Waals surface area contributed by atoms with Gasteiger partial charge in [-0.1, -0.05) is 42.5 Å². The fourth-order valence-electron chi connectivity index (χ4n) is 2.85. The zero-order valence-electron chi connectivity index (χ0n) is 12.4. The highest BCUT2D eigenvalue weighted by atomic mass is 35.5. The van der Waals surface area contributed by atoms with Crippen molar-refractivity contribution < 1.29 is 14.3 Å². The van der Waals surface area contributed by atoms with Crippen LogP contribution in [-0.2, 0) is 9.53 Å². The number of carbonyl (C=O) groups excluding carboxylic acids is 2. The molecule has 1 aromatic carbocycles.